The van der Waals surface area contributed by atoms with Gasteiger partial charge in [-0.05, 0) is 55.3 Å². The highest BCUT2D eigenvalue weighted by Crippen LogP contribution is 2.53. The Balaban J connectivity index is 1.67. The van der Waals surface area contributed by atoms with Crippen molar-refractivity contribution in [1.29, 1.82) is 0 Å². The third-order valence-electron chi connectivity index (χ3n) is 6.21. The zero-order chi connectivity index (χ0) is 15.5. The normalized spacial score (nSPS) is 30.5. The quantitative estimate of drug-likeness (QED) is 0.881. The second-order valence-corrected chi connectivity index (χ2v) is 9.05. The van der Waals surface area contributed by atoms with Gasteiger partial charge in [0, 0.05) is 4.88 Å². The summed E-state index contributed by atoms with van der Waals surface area (Å²) in [5, 5.41) is 11.2. The lowest BCUT2D eigenvalue weighted by molar-refractivity contribution is 0.0924. The fourth-order valence-electron chi connectivity index (χ4n) is 4.08. The number of nitrogens with zero attached hydrogens (tertiary/aromatic N) is 2. The molecule has 0 spiro atoms. The van der Waals surface area contributed by atoms with Crippen molar-refractivity contribution in [2.45, 2.75) is 64.9 Å². The molecule has 0 aliphatic heterocycles. The van der Waals surface area contributed by atoms with E-state index < -0.39 is 0 Å². The molecule has 2 saturated carbocycles. The Kier molecular flexibility index (Phi) is 3.39. The monoisotopic (exact) mass is 318 g/mol. The fraction of sp³-hybridized carbons (Fsp3) is 0.722. The van der Waals surface area contributed by atoms with E-state index in [4.69, 9.17) is 0 Å². The van der Waals surface area contributed by atoms with Gasteiger partial charge in [0.15, 0.2) is 0 Å². The van der Waals surface area contributed by atoms with E-state index in [-0.39, 0.29) is 6.10 Å². The average Bonchev–Trinajstić information content (AvgIpc) is 2.93. The van der Waals surface area contributed by atoms with Crippen LogP contribution in [0.2, 0.25) is 0 Å². The number of thiazole rings is 1. The Labute approximate surface area is 136 Å². The molecule has 1 N–H and O–H groups in total. The number of fused-ring (bicyclic) bond motifs is 1. The Bertz CT molecular complexity index is 684. The van der Waals surface area contributed by atoms with Gasteiger partial charge in [0.2, 0.25) is 0 Å². The number of rotatable bonds is 4. The maximum Gasteiger partial charge on any atom is 0.120 e. The minimum absolute atomic E-state index is 0.334. The molecule has 0 aromatic carbocycles. The molecule has 120 valence electrons. The summed E-state index contributed by atoms with van der Waals surface area (Å²) in [5.74, 6) is 1.76. The number of aliphatic hydroxyl groups excluding tert-OH is 1. The topological polar surface area (TPSA) is 37.5 Å². The summed E-state index contributed by atoms with van der Waals surface area (Å²) >= 11 is 1.83. The van der Waals surface area contributed by atoms with Crippen LogP contribution in [0, 0.1) is 17.3 Å². The van der Waals surface area contributed by atoms with Crippen LogP contribution in [0.3, 0.4) is 0 Å². The first-order chi connectivity index (χ1) is 10.5. The molecule has 4 heteroatoms. The van der Waals surface area contributed by atoms with Crippen LogP contribution in [0.25, 0.3) is 4.83 Å². The van der Waals surface area contributed by atoms with E-state index in [0.29, 0.717) is 23.2 Å². The van der Waals surface area contributed by atoms with Crippen molar-refractivity contribution >= 4 is 16.2 Å². The molecule has 2 aromatic rings. The van der Waals surface area contributed by atoms with Gasteiger partial charge in [-0.25, -0.2) is 4.98 Å². The van der Waals surface area contributed by atoms with Crippen LogP contribution in [-0.4, -0.2) is 14.5 Å². The second kappa shape index (κ2) is 5.07. The first-order valence-electron chi connectivity index (χ1n) is 8.62. The number of aliphatic hydroxyl groups is 1. The molecule has 2 aliphatic rings. The smallest absolute Gasteiger partial charge is 0.120 e. The molecular weight excluding hydrogens is 292 g/mol. The standard InChI is InChI=1S/C18H26N2OS/c1-11(2)18(3)7-6-13(8-18)16(21)15-17(12-4-5-12)22-14-9-19-10-20(14)15/h9-13,16,21H,4-8H2,1-3H3. The lowest BCUT2D eigenvalue weighted by Gasteiger charge is -2.30. The zero-order valence-electron chi connectivity index (χ0n) is 13.7. The van der Waals surface area contributed by atoms with E-state index in [0.717, 1.165) is 18.5 Å². The van der Waals surface area contributed by atoms with Gasteiger partial charge in [0.25, 0.3) is 0 Å². The zero-order valence-corrected chi connectivity index (χ0v) is 14.6. The molecule has 3 nitrogen and oxygen atoms in total. The molecular formula is C18H26N2OS. The van der Waals surface area contributed by atoms with E-state index in [9.17, 15) is 5.11 Å². The maximum absolute atomic E-state index is 11.2. The van der Waals surface area contributed by atoms with E-state index in [2.05, 4.69) is 30.2 Å². The molecule has 4 rings (SSSR count). The summed E-state index contributed by atoms with van der Waals surface area (Å²) in [4.78, 5) is 6.87. The van der Waals surface area contributed by atoms with E-state index in [1.807, 2.05) is 23.9 Å². The minimum Gasteiger partial charge on any atom is -0.387 e. The first-order valence-corrected chi connectivity index (χ1v) is 9.44. The summed E-state index contributed by atoms with van der Waals surface area (Å²) < 4.78 is 2.15. The first kappa shape index (κ1) is 14.7. The highest BCUT2D eigenvalue weighted by atomic mass is 32.1. The van der Waals surface area contributed by atoms with Gasteiger partial charge in [0.1, 0.15) is 11.2 Å². The number of imidazole rings is 1. The van der Waals surface area contributed by atoms with Gasteiger partial charge >= 0.3 is 0 Å². The van der Waals surface area contributed by atoms with Crippen molar-refractivity contribution in [3.63, 3.8) is 0 Å². The molecule has 0 amide bonds. The molecule has 22 heavy (non-hydrogen) atoms. The predicted molar refractivity (Wildman–Crippen MR) is 90.3 cm³/mol. The van der Waals surface area contributed by atoms with Crippen LogP contribution in [0.5, 0.6) is 0 Å². The van der Waals surface area contributed by atoms with Crippen molar-refractivity contribution in [3.05, 3.63) is 23.1 Å². The van der Waals surface area contributed by atoms with Gasteiger partial charge in [-0.3, -0.25) is 4.40 Å². The third kappa shape index (κ3) is 2.23. The molecule has 2 heterocycles. The predicted octanol–water partition coefficient (Wildman–Crippen LogP) is 4.77. The summed E-state index contributed by atoms with van der Waals surface area (Å²) in [6, 6.07) is 0. The number of hydrogen-bond acceptors (Lipinski definition) is 3. The number of aromatic nitrogens is 2. The summed E-state index contributed by atoms with van der Waals surface area (Å²) in [5.41, 5.74) is 1.54. The van der Waals surface area contributed by atoms with Crippen molar-refractivity contribution in [2.24, 2.45) is 17.3 Å². The molecule has 3 unspecified atom stereocenters. The van der Waals surface area contributed by atoms with Crippen LogP contribution in [-0.2, 0) is 0 Å². The Morgan fingerprint density at radius 2 is 2.14 bits per heavy atom. The van der Waals surface area contributed by atoms with Crippen LogP contribution in [0.15, 0.2) is 12.5 Å². The van der Waals surface area contributed by atoms with Gasteiger partial charge in [-0.1, -0.05) is 20.8 Å². The fourth-order valence-corrected chi connectivity index (χ4v) is 5.39. The summed E-state index contributed by atoms with van der Waals surface area (Å²) in [6.45, 7) is 7.04. The molecule has 2 aliphatic carbocycles. The van der Waals surface area contributed by atoms with Gasteiger partial charge in [0.05, 0.1) is 18.0 Å². The van der Waals surface area contributed by atoms with Crippen LogP contribution >= 0.6 is 11.3 Å². The van der Waals surface area contributed by atoms with Crippen molar-refractivity contribution < 1.29 is 5.11 Å². The van der Waals surface area contributed by atoms with E-state index in [1.54, 1.807) is 0 Å². The van der Waals surface area contributed by atoms with Crippen molar-refractivity contribution in [3.8, 4) is 0 Å². The van der Waals surface area contributed by atoms with Crippen LogP contribution in [0.4, 0.5) is 0 Å². The highest BCUT2D eigenvalue weighted by molar-refractivity contribution is 7.17. The maximum atomic E-state index is 11.2. The highest BCUT2D eigenvalue weighted by Gasteiger charge is 2.42. The van der Waals surface area contributed by atoms with Gasteiger partial charge < -0.3 is 5.11 Å². The number of hydrogen-bond donors (Lipinski definition) is 1. The van der Waals surface area contributed by atoms with Crippen LogP contribution in [0.1, 0.15) is 75.5 Å². The molecule has 3 atom stereocenters. The molecule has 2 aromatic heterocycles. The largest absolute Gasteiger partial charge is 0.387 e. The van der Waals surface area contributed by atoms with E-state index in [1.165, 1.54) is 29.0 Å². The van der Waals surface area contributed by atoms with Gasteiger partial charge in [-0.2, -0.15) is 0 Å². The molecule has 0 bridgehead atoms. The van der Waals surface area contributed by atoms with Crippen molar-refractivity contribution in [2.75, 3.05) is 0 Å². The summed E-state index contributed by atoms with van der Waals surface area (Å²) in [7, 11) is 0. The SMILES string of the molecule is CC(C)C1(C)CCC(C(O)c2c(C3CC3)sc3cncn23)C1. The Morgan fingerprint density at radius 1 is 1.36 bits per heavy atom. The van der Waals surface area contributed by atoms with Crippen molar-refractivity contribution in [1.82, 2.24) is 9.38 Å². The summed E-state index contributed by atoms with van der Waals surface area (Å²) in [6.07, 6.45) is 9.57. The van der Waals surface area contributed by atoms with Gasteiger partial charge in [-0.15, -0.1) is 11.3 Å². The lowest BCUT2D eigenvalue weighted by Crippen LogP contribution is -2.21. The minimum atomic E-state index is -0.334. The molecule has 0 saturated heterocycles. The van der Waals surface area contributed by atoms with E-state index >= 15 is 0 Å². The second-order valence-electron chi connectivity index (χ2n) is 7.98. The molecule has 2 fully saturated rings. The third-order valence-corrected chi connectivity index (χ3v) is 7.49. The lowest BCUT2D eigenvalue weighted by atomic mass is 9.76. The molecule has 0 radical (unpaired) electrons. The van der Waals surface area contributed by atoms with Crippen LogP contribution < -0.4 is 0 Å². The Hall–Kier alpha value is -0.870. The Morgan fingerprint density at radius 3 is 2.77 bits per heavy atom. The average molecular weight is 318 g/mol.